The van der Waals surface area contributed by atoms with Crippen LogP contribution in [0, 0.1) is 5.92 Å². The van der Waals surface area contributed by atoms with Crippen LogP contribution < -0.4 is 5.32 Å². The van der Waals surface area contributed by atoms with Gasteiger partial charge in [-0.1, -0.05) is 26.0 Å². The second kappa shape index (κ2) is 6.63. The lowest BCUT2D eigenvalue weighted by Gasteiger charge is -2.31. The summed E-state index contributed by atoms with van der Waals surface area (Å²) in [5.74, 6) is 0.707. The standard InChI is InChI=1S/C18H27N3/c1-14(2)18(21-10-3-4-11-21)13-19-12-15-6-5-7-17-16(15)8-9-20-17/h5-9,14,18-20H,3-4,10-13H2,1-2H3. The Morgan fingerprint density at radius 2 is 2.00 bits per heavy atom. The number of hydrogen-bond acceptors (Lipinski definition) is 2. The van der Waals surface area contributed by atoms with E-state index in [-0.39, 0.29) is 0 Å². The first-order valence-electron chi connectivity index (χ1n) is 8.25. The maximum Gasteiger partial charge on any atom is 0.0457 e. The van der Waals surface area contributed by atoms with Gasteiger partial charge in [-0.2, -0.15) is 0 Å². The quantitative estimate of drug-likeness (QED) is 0.852. The summed E-state index contributed by atoms with van der Waals surface area (Å²) < 4.78 is 0. The second-order valence-corrected chi connectivity index (χ2v) is 6.54. The summed E-state index contributed by atoms with van der Waals surface area (Å²) in [6.45, 7) is 9.27. The summed E-state index contributed by atoms with van der Waals surface area (Å²) in [6.07, 6.45) is 4.76. The van der Waals surface area contributed by atoms with E-state index in [9.17, 15) is 0 Å². The third-order valence-electron chi connectivity index (χ3n) is 4.73. The van der Waals surface area contributed by atoms with Crippen LogP contribution in [0.25, 0.3) is 10.9 Å². The Kier molecular flexibility index (Phi) is 4.61. The lowest BCUT2D eigenvalue weighted by molar-refractivity contribution is 0.186. The summed E-state index contributed by atoms with van der Waals surface area (Å²) in [5, 5.41) is 5.03. The number of nitrogens with zero attached hydrogens (tertiary/aromatic N) is 1. The molecule has 3 heteroatoms. The molecule has 1 atom stereocenters. The van der Waals surface area contributed by atoms with Crippen molar-refractivity contribution in [2.24, 2.45) is 5.92 Å². The highest BCUT2D eigenvalue weighted by molar-refractivity contribution is 5.82. The van der Waals surface area contributed by atoms with Crippen molar-refractivity contribution in [3.8, 4) is 0 Å². The number of likely N-dealkylation sites (tertiary alicyclic amines) is 1. The molecule has 3 rings (SSSR count). The van der Waals surface area contributed by atoms with E-state index in [1.807, 2.05) is 6.20 Å². The molecular weight excluding hydrogens is 258 g/mol. The maximum absolute atomic E-state index is 3.69. The molecule has 1 unspecified atom stereocenters. The minimum atomic E-state index is 0.665. The first kappa shape index (κ1) is 14.6. The number of rotatable bonds is 6. The van der Waals surface area contributed by atoms with Crippen molar-refractivity contribution in [2.45, 2.75) is 39.3 Å². The lowest BCUT2D eigenvalue weighted by atomic mass is 10.0. The number of aromatic nitrogens is 1. The number of fused-ring (bicyclic) bond motifs is 1. The topological polar surface area (TPSA) is 31.1 Å². The molecule has 0 aliphatic carbocycles. The van der Waals surface area contributed by atoms with E-state index in [0.29, 0.717) is 12.0 Å². The molecule has 0 spiro atoms. The van der Waals surface area contributed by atoms with Crippen LogP contribution in [0.1, 0.15) is 32.3 Å². The molecule has 0 radical (unpaired) electrons. The zero-order chi connectivity index (χ0) is 14.7. The van der Waals surface area contributed by atoms with Gasteiger partial charge in [0.05, 0.1) is 0 Å². The zero-order valence-corrected chi connectivity index (χ0v) is 13.2. The van der Waals surface area contributed by atoms with Crippen LogP contribution in [0.4, 0.5) is 0 Å². The van der Waals surface area contributed by atoms with Gasteiger partial charge in [-0.15, -0.1) is 0 Å². The molecule has 1 aliphatic rings. The summed E-state index contributed by atoms with van der Waals surface area (Å²) in [5.41, 5.74) is 2.62. The number of H-pyrrole nitrogens is 1. The van der Waals surface area contributed by atoms with Crippen LogP contribution in [-0.4, -0.2) is 35.6 Å². The summed E-state index contributed by atoms with van der Waals surface area (Å²) in [7, 11) is 0. The monoisotopic (exact) mass is 285 g/mol. The Balaban J connectivity index is 1.60. The van der Waals surface area contributed by atoms with Crippen molar-refractivity contribution in [3.63, 3.8) is 0 Å². The van der Waals surface area contributed by atoms with Crippen molar-refractivity contribution < 1.29 is 0 Å². The fourth-order valence-electron chi connectivity index (χ4n) is 3.52. The van der Waals surface area contributed by atoms with Crippen LogP contribution >= 0.6 is 0 Å². The van der Waals surface area contributed by atoms with Gasteiger partial charge < -0.3 is 10.3 Å². The van der Waals surface area contributed by atoms with Crippen molar-refractivity contribution in [1.82, 2.24) is 15.2 Å². The molecule has 1 aliphatic heterocycles. The third-order valence-corrected chi connectivity index (χ3v) is 4.73. The van der Waals surface area contributed by atoms with Gasteiger partial charge in [-0.25, -0.2) is 0 Å². The molecule has 1 aromatic carbocycles. The molecule has 3 nitrogen and oxygen atoms in total. The molecule has 1 saturated heterocycles. The van der Waals surface area contributed by atoms with Crippen molar-refractivity contribution in [1.29, 1.82) is 0 Å². The van der Waals surface area contributed by atoms with Gasteiger partial charge in [0.2, 0.25) is 0 Å². The second-order valence-electron chi connectivity index (χ2n) is 6.54. The normalized spacial score (nSPS) is 17.9. The molecule has 114 valence electrons. The molecular formula is C18H27N3. The minimum absolute atomic E-state index is 0.665. The van der Waals surface area contributed by atoms with Crippen LogP contribution in [0.5, 0.6) is 0 Å². The van der Waals surface area contributed by atoms with Gasteiger partial charge in [0, 0.05) is 36.2 Å². The van der Waals surface area contributed by atoms with Gasteiger partial charge in [0.15, 0.2) is 0 Å². The van der Waals surface area contributed by atoms with Gasteiger partial charge >= 0.3 is 0 Å². The molecule has 2 N–H and O–H groups in total. The van der Waals surface area contributed by atoms with E-state index in [0.717, 1.165) is 13.1 Å². The zero-order valence-electron chi connectivity index (χ0n) is 13.2. The van der Waals surface area contributed by atoms with Crippen LogP contribution in [-0.2, 0) is 6.54 Å². The lowest BCUT2D eigenvalue weighted by Crippen LogP contribution is -2.44. The minimum Gasteiger partial charge on any atom is -0.361 e. The summed E-state index contributed by atoms with van der Waals surface area (Å²) in [6, 6.07) is 9.34. The molecule has 2 aromatic rings. The largest absolute Gasteiger partial charge is 0.361 e. The van der Waals surface area contributed by atoms with Crippen molar-refractivity contribution in [3.05, 3.63) is 36.0 Å². The highest BCUT2D eigenvalue weighted by atomic mass is 15.2. The van der Waals surface area contributed by atoms with Crippen LogP contribution in [0.3, 0.4) is 0 Å². The van der Waals surface area contributed by atoms with Gasteiger partial charge in [-0.3, -0.25) is 4.90 Å². The fourth-order valence-corrected chi connectivity index (χ4v) is 3.52. The number of benzene rings is 1. The van der Waals surface area contributed by atoms with Gasteiger partial charge in [0.1, 0.15) is 0 Å². The summed E-state index contributed by atoms with van der Waals surface area (Å²) >= 11 is 0. The highest BCUT2D eigenvalue weighted by Gasteiger charge is 2.23. The molecule has 2 heterocycles. The van der Waals surface area contributed by atoms with Crippen molar-refractivity contribution >= 4 is 10.9 Å². The van der Waals surface area contributed by atoms with Crippen molar-refractivity contribution in [2.75, 3.05) is 19.6 Å². The smallest absolute Gasteiger partial charge is 0.0457 e. The van der Waals surface area contributed by atoms with Crippen LogP contribution in [0.15, 0.2) is 30.5 Å². The van der Waals surface area contributed by atoms with E-state index in [1.54, 1.807) is 0 Å². The average Bonchev–Trinajstić information content (AvgIpc) is 3.14. The summed E-state index contributed by atoms with van der Waals surface area (Å²) in [4.78, 5) is 5.95. The third kappa shape index (κ3) is 3.30. The van der Waals surface area contributed by atoms with E-state index in [4.69, 9.17) is 0 Å². The molecule has 21 heavy (non-hydrogen) atoms. The fraction of sp³-hybridized carbons (Fsp3) is 0.556. The van der Waals surface area contributed by atoms with Gasteiger partial charge in [-0.05, 0) is 49.5 Å². The Morgan fingerprint density at radius 3 is 2.76 bits per heavy atom. The molecule has 1 fully saturated rings. The Hall–Kier alpha value is -1.32. The number of aromatic amines is 1. The highest BCUT2D eigenvalue weighted by Crippen LogP contribution is 2.19. The Bertz CT molecular complexity index is 567. The first-order chi connectivity index (χ1) is 10.3. The molecule has 1 aromatic heterocycles. The Morgan fingerprint density at radius 1 is 1.19 bits per heavy atom. The maximum atomic E-state index is 3.69. The number of nitrogens with one attached hydrogen (secondary N) is 2. The van der Waals surface area contributed by atoms with Gasteiger partial charge in [0.25, 0.3) is 0 Å². The predicted octanol–water partition coefficient (Wildman–Crippen LogP) is 3.38. The SMILES string of the molecule is CC(C)C(CNCc1cccc2[nH]ccc12)N1CCCC1. The number of hydrogen-bond donors (Lipinski definition) is 2. The van der Waals surface area contributed by atoms with E-state index < -0.39 is 0 Å². The van der Waals surface area contributed by atoms with E-state index in [1.165, 1.54) is 42.4 Å². The van der Waals surface area contributed by atoms with E-state index in [2.05, 4.69) is 53.3 Å². The van der Waals surface area contributed by atoms with Crippen LogP contribution in [0.2, 0.25) is 0 Å². The Labute approximate surface area is 127 Å². The first-order valence-corrected chi connectivity index (χ1v) is 8.25. The molecule has 0 saturated carbocycles. The molecule has 0 amide bonds. The molecule has 0 bridgehead atoms. The predicted molar refractivity (Wildman–Crippen MR) is 89.4 cm³/mol. The average molecular weight is 285 g/mol. The van der Waals surface area contributed by atoms with E-state index >= 15 is 0 Å².